The highest BCUT2D eigenvalue weighted by atomic mass is 16.5. The Kier molecular flexibility index (Phi) is 6.62. The van der Waals surface area contributed by atoms with Crippen LogP contribution in [0.2, 0.25) is 0 Å². The zero-order chi connectivity index (χ0) is 23.4. The average Bonchev–Trinajstić information content (AvgIpc) is 3.26. The van der Waals surface area contributed by atoms with Crippen molar-refractivity contribution in [2.45, 2.75) is 57.7 Å². The molecule has 0 bridgehead atoms. The lowest BCUT2D eigenvalue weighted by Crippen LogP contribution is -2.64. The number of imidazole rings is 1. The summed E-state index contributed by atoms with van der Waals surface area (Å²) in [5.41, 5.74) is 1.33. The van der Waals surface area contributed by atoms with E-state index in [0.29, 0.717) is 19.5 Å². The summed E-state index contributed by atoms with van der Waals surface area (Å²) in [6.45, 7) is 2.75. The van der Waals surface area contributed by atoms with Gasteiger partial charge in [-0.05, 0) is 44.6 Å². The molecule has 2 amide bonds. The van der Waals surface area contributed by atoms with Crippen molar-refractivity contribution in [2.24, 2.45) is 0 Å². The van der Waals surface area contributed by atoms with E-state index in [0.717, 1.165) is 24.8 Å². The lowest BCUT2D eigenvalue weighted by molar-refractivity contribution is -0.133. The van der Waals surface area contributed by atoms with E-state index in [2.05, 4.69) is 16.4 Å². The van der Waals surface area contributed by atoms with Crippen molar-refractivity contribution in [1.29, 1.82) is 0 Å². The van der Waals surface area contributed by atoms with E-state index >= 15 is 0 Å². The molecule has 1 N–H and O–H groups in total. The number of aromatic nitrogens is 2. The minimum Gasteiger partial charge on any atom is -0.464 e. The third kappa shape index (κ3) is 4.55. The molecular weight excluding hydrogens is 420 g/mol. The topological polar surface area (TPSA) is 93.5 Å². The van der Waals surface area contributed by atoms with Gasteiger partial charge in [-0.2, -0.15) is 0 Å². The number of carbonyl (C=O) groups excluding carboxylic acids is 3. The van der Waals surface area contributed by atoms with E-state index in [1.165, 1.54) is 25.4 Å². The van der Waals surface area contributed by atoms with Crippen LogP contribution in [-0.4, -0.2) is 51.4 Å². The standard InChI is InChI=1S/C25H30N4O4/c1-25(24(32)26-15-19-11-7-4-8-12-19)16-28-17-27-20(23(31)33-2)21(28)22(30)29(25)14-13-18-9-5-3-6-10-18/h4,7-9,11-12,17H,3,5-6,10,13-16H2,1-2H3,(H,26,32)/t25-/m1/s1. The number of hydrogen-bond donors (Lipinski definition) is 1. The number of ether oxygens (including phenoxy) is 1. The zero-order valence-electron chi connectivity index (χ0n) is 19.2. The quantitative estimate of drug-likeness (QED) is 0.517. The first-order valence-electron chi connectivity index (χ1n) is 11.4. The molecule has 8 nitrogen and oxygen atoms in total. The van der Waals surface area contributed by atoms with Gasteiger partial charge >= 0.3 is 5.97 Å². The van der Waals surface area contributed by atoms with Crippen LogP contribution in [0, 0.1) is 0 Å². The van der Waals surface area contributed by atoms with Crippen LogP contribution in [0.4, 0.5) is 0 Å². The van der Waals surface area contributed by atoms with Crippen molar-refractivity contribution in [1.82, 2.24) is 19.8 Å². The molecule has 1 aliphatic carbocycles. The van der Waals surface area contributed by atoms with Crippen molar-refractivity contribution in [3.8, 4) is 0 Å². The minimum atomic E-state index is -1.12. The van der Waals surface area contributed by atoms with Gasteiger partial charge in [0.05, 0.1) is 20.0 Å². The Morgan fingerprint density at radius 3 is 2.70 bits per heavy atom. The van der Waals surface area contributed by atoms with Crippen molar-refractivity contribution in [3.63, 3.8) is 0 Å². The molecule has 33 heavy (non-hydrogen) atoms. The maximum atomic E-state index is 13.6. The monoisotopic (exact) mass is 450 g/mol. The van der Waals surface area contributed by atoms with Gasteiger partial charge in [-0.1, -0.05) is 42.0 Å². The molecule has 1 aromatic heterocycles. The van der Waals surface area contributed by atoms with Crippen LogP contribution in [0.25, 0.3) is 0 Å². The van der Waals surface area contributed by atoms with E-state index in [1.807, 2.05) is 30.3 Å². The molecule has 2 heterocycles. The van der Waals surface area contributed by atoms with Gasteiger partial charge in [0.15, 0.2) is 5.69 Å². The SMILES string of the molecule is COC(=O)c1ncn2c1C(=O)N(CCC1=CCCCC1)[C@@](C)(C(=O)NCc1ccccc1)C2. The van der Waals surface area contributed by atoms with Crippen LogP contribution in [-0.2, 0) is 22.6 Å². The Balaban J connectivity index is 1.62. The van der Waals surface area contributed by atoms with E-state index < -0.39 is 11.5 Å². The average molecular weight is 451 g/mol. The summed E-state index contributed by atoms with van der Waals surface area (Å²) < 4.78 is 6.40. The lowest BCUT2D eigenvalue weighted by Gasteiger charge is -2.44. The van der Waals surface area contributed by atoms with Gasteiger partial charge in [0.1, 0.15) is 11.2 Å². The first kappa shape index (κ1) is 22.8. The molecule has 0 unspecified atom stereocenters. The van der Waals surface area contributed by atoms with Gasteiger partial charge < -0.3 is 19.5 Å². The molecule has 8 heteroatoms. The number of methoxy groups -OCH3 is 1. The molecule has 2 aromatic rings. The third-order valence-corrected chi connectivity index (χ3v) is 6.56. The van der Waals surface area contributed by atoms with E-state index in [9.17, 15) is 14.4 Å². The van der Waals surface area contributed by atoms with Gasteiger partial charge in [-0.3, -0.25) is 9.59 Å². The zero-order valence-corrected chi connectivity index (χ0v) is 19.2. The number of carbonyl (C=O) groups is 3. The largest absolute Gasteiger partial charge is 0.464 e. The molecular formula is C25H30N4O4. The van der Waals surface area contributed by atoms with Crippen molar-refractivity contribution < 1.29 is 19.1 Å². The molecule has 0 spiro atoms. The number of hydrogen-bond acceptors (Lipinski definition) is 5. The summed E-state index contributed by atoms with van der Waals surface area (Å²) in [5, 5.41) is 3.00. The fourth-order valence-corrected chi connectivity index (χ4v) is 4.64. The second-order valence-corrected chi connectivity index (χ2v) is 8.82. The molecule has 0 saturated heterocycles. The number of allylic oxidation sites excluding steroid dienone is 1. The Morgan fingerprint density at radius 1 is 1.21 bits per heavy atom. The van der Waals surface area contributed by atoms with E-state index in [-0.39, 0.29) is 29.7 Å². The van der Waals surface area contributed by atoms with Crippen LogP contribution >= 0.6 is 0 Å². The number of fused-ring (bicyclic) bond motifs is 1. The van der Waals surface area contributed by atoms with Crippen LogP contribution in [0.5, 0.6) is 0 Å². The van der Waals surface area contributed by atoms with E-state index in [1.54, 1.807) is 16.4 Å². The second-order valence-electron chi connectivity index (χ2n) is 8.82. The maximum Gasteiger partial charge on any atom is 0.359 e. The minimum absolute atomic E-state index is 0.0175. The number of nitrogens with zero attached hydrogens (tertiary/aromatic N) is 3. The highest BCUT2D eigenvalue weighted by Gasteiger charge is 2.48. The normalized spacial score (nSPS) is 20.1. The van der Waals surface area contributed by atoms with Crippen LogP contribution in [0.15, 0.2) is 48.3 Å². The lowest BCUT2D eigenvalue weighted by atomic mass is 9.92. The summed E-state index contributed by atoms with van der Waals surface area (Å²) in [6.07, 6.45) is 8.79. The predicted octanol–water partition coefficient (Wildman–Crippen LogP) is 3.09. The van der Waals surface area contributed by atoms with Crippen LogP contribution in [0.3, 0.4) is 0 Å². The molecule has 0 saturated carbocycles. The molecule has 174 valence electrons. The Bertz CT molecular complexity index is 1080. The number of esters is 1. The van der Waals surface area contributed by atoms with Gasteiger partial charge in [0.2, 0.25) is 5.91 Å². The molecule has 2 aliphatic rings. The summed E-state index contributed by atoms with van der Waals surface area (Å²) in [6, 6.07) is 9.65. The molecule has 1 atom stereocenters. The fraction of sp³-hybridized carbons (Fsp3) is 0.440. The summed E-state index contributed by atoms with van der Waals surface area (Å²) >= 11 is 0. The third-order valence-electron chi connectivity index (χ3n) is 6.56. The molecule has 4 rings (SSSR count). The van der Waals surface area contributed by atoms with Gasteiger partial charge in [-0.15, -0.1) is 0 Å². The number of nitrogens with one attached hydrogen (secondary N) is 1. The van der Waals surface area contributed by atoms with Crippen molar-refractivity contribution in [3.05, 3.63) is 65.3 Å². The van der Waals surface area contributed by atoms with Crippen molar-refractivity contribution in [2.75, 3.05) is 13.7 Å². The summed E-state index contributed by atoms with van der Waals surface area (Å²) in [7, 11) is 1.26. The predicted molar refractivity (Wildman–Crippen MR) is 122 cm³/mol. The fourth-order valence-electron chi connectivity index (χ4n) is 4.64. The summed E-state index contributed by atoms with van der Waals surface area (Å²) in [4.78, 5) is 45.0. The smallest absolute Gasteiger partial charge is 0.359 e. The summed E-state index contributed by atoms with van der Waals surface area (Å²) in [5.74, 6) is -1.28. The first-order chi connectivity index (χ1) is 15.9. The van der Waals surface area contributed by atoms with Gasteiger partial charge in [0, 0.05) is 13.1 Å². The Labute approximate surface area is 193 Å². The molecule has 0 fully saturated rings. The molecule has 1 aromatic carbocycles. The number of benzene rings is 1. The first-order valence-corrected chi connectivity index (χ1v) is 11.4. The highest BCUT2D eigenvalue weighted by molar-refractivity contribution is 6.06. The second kappa shape index (κ2) is 9.60. The van der Waals surface area contributed by atoms with Crippen LogP contribution < -0.4 is 5.32 Å². The number of amides is 2. The van der Waals surface area contributed by atoms with E-state index in [4.69, 9.17) is 4.74 Å². The van der Waals surface area contributed by atoms with Gasteiger partial charge in [-0.25, -0.2) is 9.78 Å². The van der Waals surface area contributed by atoms with Crippen LogP contribution in [0.1, 0.15) is 65.6 Å². The number of rotatable bonds is 7. The maximum absolute atomic E-state index is 13.6. The van der Waals surface area contributed by atoms with Gasteiger partial charge in [0.25, 0.3) is 5.91 Å². The molecule has 1 aliphatic heterocycles. The molecule has 0 radical (unpaired) electrons. The van der Waals surface area contributed by atoms with Crippen molar-refractivity contribution >= 4 is 17.8 Å². The Morgan fingerprint density at radius 2 is 2.00 bits per heavy atom. The highest BCUT2D eigenvalue weighted by Crippen LogP contribution is 2.31. The Hall–Kier alpha value is -3.42.